The predicted molar refractivity (Wildman–Crippen MR) is 80.6 cm³/mol. The van der Waals surface area contributed by atoms with E-state index in [0.717, 1.165) is 17.7 Å². The van der Waals surface area contributed by atoms with E-state index in [1.54, 1.807) is 12.1 Å². The van der Waals surface area contributed by atoms with Crippen molar-refractivity contribution in [3.05, 3.63) is 65.2 Å². The molecule has 1 atom stereocenters. The summed E-state index contributed by atoms with van der Waals surface area (Å²) in [5, 5.41) is 14.9. The summed E-state index contributed by atoms with van der Waals surface area (Å²) >= 11 is 0. The van der Waals surface area contributed by atoms with Crippen LogP contribution in [0.3, 0.4) is 0 Å². The molecule has 2 aromatic carbocycles. The first kappa shape index (κ1) is 13.2. The molecule has 104 valence electrons. The molecule has 21 heavy (non-hydrogen) atoms. The van der Waals surface area contributed by atoms with Gasteiger partial charge in [0.1, 0.15) is 6.04 Å². The summed E-state index contributed by atoms with van der Waals surface area (Å²) in [4.78, 5) is 12.2. The van der Waals surface area contributed by atoms with E-state index in [9.17, 15) is 4.79 Å². The van der Waals surface area contributed by atoms with Crippen LogP contribution in [0.25, 0.3) is 0 Å². The lowest BCUT2D eigenvalue weighted by molar-refractivity contribution is -0.121. The lowest BCUT2D eigenvalue weighted by atomic mass is 10.1. The molecule has 1 aliphatic heterocycles. The van der Waals surface area contributed by atoms with E-state index >= 15 is 0 Å². The van der Waals surface area contributed by atoms with Crippen LogP contribution < -0.4 is 10.6 Å². The van der Waals surface area contributed by atoms with Crippen LogP contribution in [0.15, 0.2) is 48.5 Å². The third-order valence-electron chi connectivity index (χ3n) is 3.64. The van der Waals surface area contributed by atoms with Crippen LogP contribution in [-0.4, -0.2) is 11.9 Å². The highest BCUT2D eigenvalue weighted by Gasteiger charge is 2.25. The van der Waals surface area contributed by atoms with Crippen molar-refractivity contribution in [2.75, 3.05) is 5.32 Å². The molecule has 0 aromatic heterocycles. The molecule has 0 unspecified atom stereocenters. The highest BCUT2D eigenvalue weighted by molar-refractivity contribution is 5.87. The van der Waals surface area contributed by atoms with E-state index in [0.29, 0.717) is 12.1 Å². The molecule has 0 aliphatic carbocycles. The average molecular weight is 277 g/mol. The Hall–Kier alpha value is -2.80. The van der Waals surface area contributed by atoms with Gasteiger partial charge in [-0.05, 0) is 29.3 Å². The molecule has 0 radical (unpaired) electrons. The van der Waals surface area contributed by atoms with Gasteiger partial charge in [-0.1, -0.05) is 30.3 Å². The minimum atomic E-state index is -0.208. The largest absolute Gasteiger partial charge is 0.373 e. The minimum Gasteiger partial charge on any atom is -0.373 e. The molecule has 2 aromatic rings. The van der Waals surface area contributed by atoms with E-state index in [1.807, 2.05) is 36.4 Å². The Morgan fingerprint density at radius 2 is 2.00 bits per heavy atom. The fraction of sp³-hybridized carbons (Fsp3) is 0.176. The number of hydrogen-bond donors (Lipinski definition) is 2. The van der Waals surface area contributed by atoms with Crippen molar-refractivity contribution in [3.63, 3.8) is 0 Å². The number of carbonyl (C=O) groups is 1. The second-order valence-electron chi connectivity index (χ2n) is 5.08. The topological polar surface area (TPSA) is 64.9 Å². The van der Waals surface area contributed by atoms with Crippen molar-refractivity contribution in [1.29, 1.82) is 5.26 Å². The predicted octanol–water partition coefficient (Wildman–Crippen LogP) is 2.21. The van der Waals surface area contributed by atoms with Gasteiger partial charge in [-0.3, -0.25) is 4.79 Å². The fourth-order valence-corrected chi connectivity index (χ4v) is 2.47. The number of carbonyl (C=O) groups excluding carboxylic acids is 1. The quantitative estimate of drug-likeness (QED) is 0.904. The van der Waals surface area contributed by atoms with Crippen molar-refractivity contribution in [1.82, 2.24) is 5.32 Å². The number of para-hydroxylation sites is 1. The number of anilines is 1. The first-order valence-electron chi connectivity index (χ1n) is 6.87. The zero-order chi connectivity index (χ0) is 14.7. The smallest absolute Gasteiger partial charge is 0.243 e. The highest BCUT2D eigenvalue weighted by atomic mass is 16.2. The molecular weight excluding hydrogens is 262 g/mol. The molecule has 3 rings (SSSR count). The summed E-state index contributed by atoms with van der Waals surface area (Å²) in [6, 6.07) is 17.1. The number of nitrogens with zero attached hydrogens (tertiary/aromatic N) is 1. The van der Waals surface area contributed by atoms with Crippen molar-refractivity contribution in [2.24, 2.45) is 0 Å². The summed E-state index contributed by atoms with van der Waals surface area (Å²) in [7, 11) is 0. The third-order valence-corrected chi connectivity index (χ3v) is 3.64. The maximum Gasteiger partial charge on any atom is 0.243 e. The standard InChI is InChI=1S/C17H15N3O/c18-10-12-5-7-13(8-6-12)11-19-17(21)16-9-14-3-1-2-4-15(14)20-16/h1-8,16,20H,9,11H2,(H,19,21)/t16-/m0/s1. The molecule has 4 nitrogen and oxygen atoms in total. The molecule has 2 N–H and O–H groups in total. The maximum absolute atomic E-state index is 12.2. The van der Waals surface area contributed by atoms with Crippen LogP contribution in [0.4, 0.5) is 5.69 Å². The Kier molecular flexibility index (Phi) is 3.57. The minimum absolute atomic E-state index is 0.00411. The Labute approximate surface area is 123 Å². The number of hydrogen-bond acceptors (Lipinski definition) is 3. The first-order valence-corrected chi connectivity index (χ1v) is 6.87. The Bertz CT molecular complexity index is 676. The van der Waals surface area contributed by atoms with Gasteiger partial charge >= 0.3 is 0 Å². The summed E-state index contributed by atoms with van der Waals surface area (Å²) in [5.41, 5.74) is 3.82. The van der Waals surface area contributed by atoms with Gasteiger partial charge in [0.2, 0.25) is 5.91 Å². The number of nitriles is 1. The molecular formula is C17H15N3O. The second-order valence-corrected chi connectivity index (χ2v) is 5.08. The molecule has 0 spiro atoms. The molecule has 1 amide bonds. The van der Waals surface area contributed by atoms with Crippen LogP contribution >= 0.6 is 0 Å². The fourth-order valence-electron chi connectivity index (χ4n) is 2.47. The van der Waals surface area contributed by atoms with E-state index in [2.05, 4.69) is 16.7 Å². The van der Waals surface area contributed by atoms with Gasteiger partial charge in [0.15, 0.2) is 0 Å². The summed E-state index contributed by atoms with van der Waals surface area (Å²) in [5.74, 6) is -0.00411. The van der Waals surface area contributed by atoms with Crippen LogP contribution in [0, 0.1) is 11.3 Å². The number of rotatable bonds is 3. The van der Waals surface area contributed by atoms with Crippen LogP contribution in [0.5, 0.6) is 0 Å². The number of nitrogens with one attached hydrogen (secondary N) is 2. The van der Waals surface area contributed by atoms with Gasteiger partial charge in [-0.2, -0.15) is 5.26 Å². The van der Waals surface area contributed by atoms with Gasteiger partial charge in [0.05, 0.1) is 11.6 Å². The van der Waals surface area contributed by atoms with E-state index in [4.69, 9.17) is 5.26 Å². The molecule has 0 bridgehead atoms. The SMILES string of the molecule is N#Cc1ccc(CNC(=O)[C@@H]2Cc3ccccc3N2)cc1. The van der Waals surface area contributed by atoms with E-state index in [1.165, 1.54) is 5.56 Å². The van der Waals surface area contributed by atoms with Crippen LogP contribution in [-0.2, 0) is 17.8 Å². The summed E-state index contributed by atoms with van der Waals surface area (Å²) in [6.45, 7) is 0.471. The van der Waals surface area contributed by atoms with E-state index < -0.39 is 0 Å². The molecule has 0 fully saturated rings. The number of amides is 1. The van der Waals surface area contributed by atoms with Crippen molar-refractivity contribution in [3.8, 4) is 6.07 Å². The van der Waals surface area contributed by atoms with Crippen LogP contribution in [0.1, 0.15) is 16.7 Å². The highest BCUT2D eigenvalue weighted by Crippen LogP contribution is 2.25. The van der Waals surface area contributed by atoms with Gasteiger partial charge in [0.25, 0.3) is 0 Å². The van der Waals surface area contributed by atoms with Gasteiger partial charge in [0, 0.05) is 18.7 Å². The van der Waals surface area contributed by atoms with Gasteiger partial charge in [-0.15, -0.1) is 0 Å². The zero-order valence-corrected chi connectivity index (χ0v) is 11.5. The Morgan fingerprint density at radius 1 is 1.24 bits per heavy atom. The van der Waals surface area contributed by atoms with Crippen molar-refractivity contribution >= 4 is 11.6 Å². The lowest BCUT2D eigenvalue weighted by Crippen LogP contribution is -2.38. The molecule has 4 heteroatoms. The van der Waals surface area contributed by atoms with Crippen molar-refractivity contribution in [2.45, 2.75) is 19.0 Å². The Balaban J connectivity index is 1.57. The van der Waals surface area contributed by atoms with Crippen LogP contribution in [0.2, 0.25) is 0 Å². The van der Waals surface area contributed by atoms with Crippen molar-refractivity contribution < 1.29 is 4.79 Å². The Morgan fingerprint density at radius 3 is 2.71 bits per heavy atom. The van der Waals surface area contributed by atoms with E-state index in [-0.39, 0.29) is 11.9 Å². The lowest BCUT2D eigenvalue weighted by Gasteiger charge is -2.12. The summed E-state index contributed by atoms with van der Waals surface area (Å²) in [6.07, 6.45) is 0.718. The molecule has 0 saturated carbocycles. The maximum atomic E-state index is 12.2. The number of fused-ring (bicyclic) bond motifs is 1. The monoisotopic (exact) mass is 277 g/mol. The normalized spacial score (nSPS) is 15.7. The zero-order valence-electron chi connectivity index (χ0n) is 11.5. The molecule has 1 heterocycles. The molecule has 1 aliphatic rings. The second kappa shape index (κ2) is 5.68. The summed E-state index contributed by atoms with van der Waals surface area (Å²) < 4.78 is 0. The van der Waals surface area contributed by atoms with Gasteiger partial charge < -0.3 is 10.6 Å². The van der Waals surface area contributed by atoms with Gasteiger partial charge in [-0.25, -0.2) is 0 Å². The average Bonchev–Trinajstić information content (AvgIpc) is 2.97. The first-order chi connectivity index (χ1) is 10.3. The third kappa shape index (κ3) is 2.87. The molecule has 0 saturated heterocycles. The number of benzene rings is 2.